The fraction of sp³-hybridized carbons (Fsp3) is 0.462. The van der Waals surface area contributed by atoms with E-state index in [4.69, 9.17) is 10.9 Å². The van der Waals surface area contributed by atoms with Crippen molar-refractivity contribution in [2.75, 3.05) is 11.4 Å². The van der Waals surface area contributed by atoms with Crippen LogP contribution in [0.1, 0.15) is 25.0 Å². The van der Waals surface area contributed by atoms with Gasteiger partial charge in [-0.1, -0.05) is 5.16 Å². The van der Waals surface area contributed by atoms with Crippen molar-refractivity contribution in [3.05, 3.63) is 24.2 Å². The van der Waals surface area contributed by atoms with E-state index in [-0.39, 0.29) is 5.84 Å². The number of amidine groups is 1. The summed E-state index contributed by atoms with van der Waals surface area (Å²) in [6, 6.07) is 2.52. The first-order valence-corrected chi connectivity index (χ1v) is 6.73. The van der Waals surface area contributed by atoms with Crippen molar-refractivity contribution in [2.45, 2.75) is 32.2 Å². The Labute approximate surface area is 116 Å². The molecule has 0 amide bonds. The molecule has 2 aromatic rings. The SMILES string of the molecule is Cc1cc2c(N(CC/C(N)=N/O)C3CC3)nccn2n1. The zero-order valence-electron chi connectivity index (χ0n) is 11.4. The fourth-order valence-corrected chi connectivity index (χ4v) is 2.38. The first-order chi connectivity index (χ1) is 9.69. The predicted octanol–water partition coefficient (Wildman–Crippen LogP) is 1.14. The molecule has 3 rings (SSSR count). The van der Waals surface area contributed by atoms with Crippen LogP contribution in [0.3, 0.4) is 0 Å². The van der Waals surface area contributed by atoms with Gasteiger partial charge in [-0.15, -0.1) is 0 Å². The third-order valence-corrected chi connectivity index (χ3v) is 3.49. The van der Waals surface area contributed by atoms with Gasteiger partial charge in [-0.3, -0.25) is 0 Å². The molecule has 2 aromatic heterocycles. The highest BCUT2D eigenvalue weighted by molar-refractivity contribution is 5.80. The van der Waals surface area contributed by atoms with Crippen LogP contribution in [0, 0.1) is 6.92 Å². The van der Waals surface area contributed by atoms with E-state index >= 15 is 0 Å². The number of fused-ring (bicyclic) bond motifs is 1. The minimum Gasteiger partial charge on any atom is -0.409 e. The summed E-state index contributed by atoms with van der Waals surface area (Å²) < 4.78 is 1.84. The Bertz CT molecular complexity index is 645. The molecular formula is C13H18N6O. The van der Waals surface area contributed by atoms with Gasteiger partial charge < -0.3 is 15.8 Å². The number of hydrogen-bond acceptors (Lipinski definition) is 5. The van der Waals surface area contributed by atoms with E-state index in [2.05, 4.69) is 20.1 Å². The topological polar surface area (TPSA) is 92.0 Å². The summed E-state index contributed by atoms with van der Waals surface area (Å²) in [7, 11) is 0. The van der Waals surface area contributed by atoms with Gasteiger partial charge in [0.05, 0.1) is 5.69 Å². The van der Waals surface area contributed by atoms with E-state index in [1.165, 1.54) is 0 Å². The van der Waals surface area contributed by atoms with Gasteiger partial charge in [0.1, 0.15) is 11.4 Å². The summed E-state index contributed by atoms with van der Waals surface area (Å²) in [5.41, 5.74) is 7.53. The summed E-state index contributed by atoms with van der Waals surface area (Å²) in [6.45, 7) is 2.66. The molecular weight excluding hydrogens is 256 g/mol. The zero-order chi connectivity index (χ0) is 14.1. The van der Waals surface area contributed by atoms with Crippen LogP contribution in [0.2, 0.25) is 0 Å². The number of nitrogens with two attached hydrogens (primary N) is 1. The van der Waals surface area contributed by atoms with E-state index in [1.54, 1.807) is 6.20 Å². The largest absolute Gasteiger partial charge is 0.409 e. The molecule has 0 radical (unpaired) electrons. The van der Waals surface area contributed by atoms with Gasteiger partial charge in [0.25, 0.3) is 0 Å². The first-order valence-electron chi connectivity index (χ1n) is 6.73. The van der Waals surface area contributed by atoms with Gasteiger partial charge in [0.15, 0.2) is 5.82 Å². The maximum atomic E-state index is 8.66. The molecule has 0 bridgehead atoms. The smallest absolute Gasteiger partial charge is 0.154 e. The molecule has 7 heteroatoms. The summed E-state index contributed by atoms with van der Waals surface area (Å²) in [5, 5.41) is 16.1. The molecule has 1 fully saturated rings. The van der Waals surface area contributed by atoms with Crippen LogP contribution >= 0.6 is 0 Å². The second-order valence-electron chi connectivity index (χ2n) is 5.13. The fourth-order valence-electron chi connectivity index (χ4n) is 2.38. The highest BCUT2D eigenvalue weighted by Gasteiger charge is 2.31. The van der Waals surface area contributed by atoms with Gasteiger partial charge >= 0.3 is 0 Å². The Morgan fingerprint density at radius 3 is 3.10 bits per heavy atom. The number of rotatable bonds is 5. The van der Waals surface area contributed by atoms with E-state index in [0.717, 1.165) is 29.9 Å². The lowest BCUT2D eigenvalue weighted by Gasteiger charge is -2.23. The van der Waals surface area contributed by atoms with Gasteiger partial charge in [-0.25, -0.2) is 9.50 Å². The van der Waals surface area contributed by atoms with E-state index in [1.807, 2.05) is 23.7 Å². The normalized spacial score (nSPS) is 15.8. The Morgan fingerprint density at radius 1 is 1.60 bits per heavy atom. The molecule has 0 spiro atoms. The van der Waals surface area contributed by atoms with E-state index in [9.17, 15) is 0 Å². The van der Waals surface area contributed by atoms with Crippen LogP contribution in [-0.2, 0) is 0 Å². The number of anilines is 1. The predicted molar refractivity (Wildman–Crippen MR) is 76.1 cm³/mol. The maximum Gasteiger partial charge on any atom is 0.154 e. The molecule has 0 saturated heterocycles. The molecule has 0 unspecified atom stereocenters. The van der Waals surface area contributed by atoms with Crippen molar-refractivity contribution < 1.29 is 5.21 Å². The van der Waals surface area contributed by atoms with Crippen molar-refractivity contribution in [1.82, 2.24) is 14.6 Å². The molecule has 106 valence electrons. The molecule has 1 aliphatic carbocycles. The average molecular weight is 274 g/mol. The number of aryl methyl sites for hydroxylation is 1. The van der Waals surface area contributed by atoms with Crippen LogP contribution in [0.15, 0.2) is 23.6 Å². The van der Waals surface area contributed by atoms with Crippen molar-refractivity contribution in [3.8, 4) is 0 Å². The molecule has 3 N–H and O–H groups in total. The van der Waals surface area contributed by atoms with Gasteiger partial charge in [0, 0.05) is 31.4 Å². The number of aromatic nitrogens is 3. The highest BCUT2D eigenvalue weighted by Crippen LogP contribution is 2.32. The molecule has 2 heterocycles. The lowest BCUT2D eigenvalue weighted by molar-refractivity contribution is 0.317. The van der Waals surface area contributed by atoms with Crippen molar-refractivity contribution in [1.29, 1.82) is 0 Å². The van der Waals surface area contributed by atoms with E-state index < -0.39 is 0 Å². The molecule has 0 atom stereocenters. The maximum absolute atomic E-state index is 8.66. The standard InChI is InChI=1S/C13H18N6O/c1-9-8-11-13(15-5-7-19(11)16-9)18(10-2-3-10)6-4-12(14)17-20/h5,7-8,10,20H,2-4,6H2,1H3,(H2,14,17). The third-order valence-electron chi connectivity index (χ3n) is 3.49. The van der Waals surface area contributed by atoms with Crippen LogP contribution in [0.5, 0.6) is 0 Å². The Balaban J connectivity index is 1.93. The van der Waals surface area contributed by atoms with Crippen molar-refractivity contribution in [2.24, 2.45) is 10.9 Å². The Kier molecular flexibility index (Phi) is 3.17. The number of hydrogen-bond donors (Lipinski definition) is 2. The van der Waals surface area contributed by atoms with Gasteiger partial charge in [-0.05, 0) is 25.8 Å². The monoisotopic (exact) mass is 274 g/mol. The summed E-state index contributed by atoms with van der Waals surface area (Å²) in [4.78, 5) is 6.74. The van der Waals surface area contributed by atoms with Crippen LogP contribution in [0.25, 0.3) is 5.52 Å². The molecule has 1 saturated carbocycles. The van der Waals surface area contributed by atoms with E-state index in [0.29, 0.717) is 19.0 Å². The van der Waals surface area contributed by atoms with Crippen molar-refractivity contribution >= 4 is 17.2 Å². The third kappa shape index (κ3) is 2.38. The van der Waals surface area contributed by atoms with Gasteiger partial charge in [0.2, 0.25) is 0 Å². The molecule has 0 aliphatic heterocycles. The lowest BCUT2D eigenvalue weighted by Crippen LogP contribution is -2.31. The van der Waals surface area contributed by atoms with Crippen molar-refractivity contribution in [3.63, 3.8) is 0 Å². The number of oxime groups is 1. The minimum absolute atomic E-state index is 0.243. The lowest BCUT2D eigenvalue weighted by atomic mass is 10.3. The minimum atomic E-state index is 0.243. The molecule has 1 aliphatic rings. The summed E-state index contributed by atoms with van der Waals surface area (Å²) >= 11 is 0. The van der Waals surface area contributed by atoms with Crippen LogP contribution < -0.4 is 10.6 Å². The Morgan fingerprint density at radius 2 is 2.40 bits per heavy atom. The second-order valence-corrected chi connectivity index (χ2v) is 5.13. The average Bonchev–Trinajstić information content (AvgIpc) is 3.19. The quantitative estimate of drug-likeness (QED) is 0.369. The number of nitrogens with zero attached hydrogens (tertiary/aromatic N) is 5. The second kappa shape index (κ2) is 4.99. The summed E-state index contributed by atoms with van der Waals surface area (Å²) in [5.74, 6) is 1.16. The molecule has 0 aromatic carbocycles. The van der Waals surface area contributed by atoms with Crippen LogP contribution in [0.4, 0.5) is 5.82 Å². The van der Waals surface area contributed by atoms with Crippen LogP contribution in [-0.4, -0.2) is 38.2 Å². The van der Waals surface area contributed by atoms with Gasteiger partial charge in [-0.2, -0.15) is 5.10 Å². The molecule has 7 nitrogen and oxygen atoms in total. The molecule has 20 heavy (non-hydrogen) atoms. The first kappa shape index (κ1) is 12.7. The highest BCUT2D eigenvalue weighted by atomic mass is 16.4. The summed E-state index contributed by atoms with van der Waals surface area (Å²) in [6.07, 6.45) is 6.44. The Hall–Kier alpha value is -2.31. The zero-order valence-corrected chi connectivity index (χ0v) is 11.4.